The number of carbonyl (C=O) groups excluding carboxylic acids is 1. The highest BCUT2D eigenvalue weighted by atomic mass is 16.7. The minimum atomic E-state index is -1.92. The summed E-state index contributed by atoms with van der Waals surface area (Å²) in [4.78, 5) is 48.1. The number of aliphatic hydroxyl groups is 4. The van der Waals surface area contributed by atoms with Gasteiger partial charge in [0.2, 0.25) is 18.0 Å². The average Bonchev–Trinajstić information content (AvgIpc) is 2.97. The van der Waals surface area contributed by atoms with Gasteiger partial charge in [-0.3, -0.25) is 19.1 Å². The maximum absolute atomic E-state index is 12.0. The molecule has 0 aliphatic carbocycles. The highest BCUT2D eigenvalue weighted by Gasteiger charge is 2.51. The molecule has 0 saturated carbocycles. The van der Waals surface area contributed by atoms with Gasteiger partial charge in [-0.2, -0.15) is 0 Å². The zero-order valence-corrected chi connectivity index (χ0v) is 15.5. The van der Waals surface area contributed by atoms with Crippen LogP contribution in [0.1, 0.15) is 6.23 Å². The summed E-state index contributed by atoms with van der Waals surface area (Å²) in [6, 6.07) is 0.951. The molecule has 0 radical (unpaired) electrons. The van der Waals surface area contributed by atoms with Crippen LogP contribution in [0.15, 0.2) is 33.7 Å². The highest BCUT2D eigenvalue weighted by Crippen LogP contribution is 2.32. The maximum Gasteiger partial charge on any atom is 0.371 e. The van der Waals surface area contributed by atoms with E-state index in [9.17, 15) is 39.6 Å². The number of aromatic amines is 1. The standard InChI is InChI=1S/C16H19N3O12/c17-12(25)11(31-15-7(22)4(20)3-5(29-15)14(26)27)10-8(23)9(24)13(30-10)19-2-1-6(21)18-16(19)28/h1-4,7-11,13,15,20,22-24H,(H2,17,25)(H,26,27)(H,18,21,28)/t4-,7-,8-,9+,10-,11+,13+,15+/m0/s1. The number of rotatable bonds is 6. The predicted octanol–water partition coefficient (Wildman–Crippen LogP) is -4.93. The Morgan fingerprint density at radius 3 is 2.42 bits per heavy atom. The summed E-state index contributed by atoms with van der Waals surface area (Å²) in [5, 5.41) is 49.4. The number of nitrogens with zero attached hydrogens (tertiary/aromatic N) is 1. The quantitative estimate of drug-likeness (QED) is 0.218. The van der Waals surface area contributed by atoms with E-state index in [1.54, 1.807) is 0 Å². The Morgan fingerprint density at radius 1 is 1.16 bits per heavy atom. The highest BCUT2D eigenvalue weighted by molar-refractivity contribution is 5.84. The molecule has 0 spiro atoms. The third-order valence-corrected chi connectivity index (χ3v) is 4.66. The lowest BCUT2D eigenvalue weighted by Gasteiger charge is -2.34. The van der Waals surface area contributed by atoms with Gasteiger partial charge in [-0.05, 0) is 6.08 Å². The molecule has 15 nitrogen and oxygen atoms in total. The topological polar surface area (TPSA) is 244 Å². The molecule has 1 saturated heterocycles. The molecule has 3 rings (SSSR count). The predicted molar refractivity (Wildman–Crippen MR) is 93.9 cm³/mol. The van der Waals surface area contributed by atoms with Crippen molar-refractivity contribution in [1.29, 1.82) is 0 Å². The van der Waals surface area contributed by atoms with E-state index in [1.165, 1.54) is 0 Å². The molecule has 0 aromatic carbocycles. The van der Waals surface area contributed by atoms with Crippen molar-refractivity contribution in [1.82, 2.24) is 9.55 Å². The van der Waals surface area contributed by atoms with Crippen LogP contribution in [0.5, 0.6) is 0 Å². The summed E-state index contributed by atoms with van der Waals surface area (Å²) in [6.45, 7) is 0. The minimum Gasteiger partial charge on any atom is -0.475 e. The van der Waals surface area contributed by atoms with Gasteiger partial charge < -0.3 is 45.5 Å². The lowest BCUT2D eigenvalue weighted by molar-refractivity contribution is -0.241. The van der Waals surface area contributed by atoms with E-state index in [-0.39, 0.29) is 0 Å². The lowest BCUT2D eigenvalue weighted by Crippen LogP contribution is -2.53. The van der Waals surface area contributed by atoms with Crippen LogP contribution in [0, 0.1) is 0 Å². The van der Waals surface area contributed by atoms with Crippen molar-refractivity contribution >= 4 is 11.9 Å². The Bertz CT molecular complexity index is 1000. The second-order valence-electron chi connectivity index (χ2n) is 6.75. The van der Waals surface area contributed by atoms with E-state index in [1.807, 2.05) is 4.98 Å². The van der Waals surface area contributed by atoms with E-state index in [2.05, 4.69) is 0 Å². The van der Waals surface area contributed by atoms with Gasteiger partial charge in [0.25, 0.3) is 5.56 Å². The fourth-order valence-electron chi connectivity index (χ4n) is 3.12. The molecular weight excluding hydrogens is 426 g/mol. The second-order valence-corrected chi connectivity index (χ2v) is 6.75. The van der Waals surface area contributed by atoms with E-state index in [0.717, 1.165) is 16.8 Å². The van der Waals surface area contributed by atoms with Gasteiger partial charge in [0.05, 0.1) is 0 Å². The van der Waals surface area contributed by atoms with Crippen LogP contribution in [0.4, 0.5) is 0 Å². The number of aliphatic hydroxyl groups excluding tert-OH is 4. The van der Waals surface area contributed by atoms with Gasteiger partial charge in [-0.15, -0.1) is 0 Å². The number of amides is 1. The van der Waals surface area contributed by atoms with Gasteiger partial charge >= 0.3 is 11.7 Å². The number of hydrogen-bond acceptors (Lipinski definition) is 11. The molecule has 1 aromatic heterocycles. The fourth-order valence-corrected chi connectivity index (χ4v) is 3.12. The Kier molecular flexibility index (Phi) is 6.25. The summed E-state index contributed by atoms with van der Waals surface area (Å²) in [6.07, 6.45) is -12.6. The number of aliphatic carboxylic acids is 1. The molecule has 1 fully saturated rings. The van der Waals surface area contributed by atoms with Crippen molar-refractivity contribution in [2.24, 2.45) is 5.73 Å². The summed E-state index contributed by atoms with van der Waals surface area (Å²) in [7, 11) is 0. The zero-order chi connectivity index (χ0) is 23.0. The van der Waals surface area contributed by atoms with E-state index < -0.39 is 78.0 Å². The first-order chi connectivity index (χ1) is 14.5. The number of hydrogen-bond donors (Lipinski definition) is 7. The van der Waals surface area contributed by atoms with Gasteiger partial charge in [-0.25, -0.2) is 9.59 Å². The van der Waals surface area contributed by atoms with Gasteiger partial charge in [0, 0.05) is 12.3 Å². The monoisotopic (exact) mass is 445 g/mol. The first kappa shape index (κ1) is 22.6. The largest absolute Gasteiger partial charge is 0.475 e. The molecule has 1 aromatic rings. The van der Waals surface area contributed by atoms with Crippen molar-refractivity contribution in [3.8, 4) is 0 Å². The first-order valence-electron chi connectivity index (χ1n) is 8.77. The molecule has 1 amide bonds. The molecule has 3 heterocycles. The molecule has 0 bridgehead atoms. The van der Waals surface area contributed by atoms with Crippen molar-refractivity contribution < 1.29 is 49.3 Å². The normalized spacial score (nSPS) is 33.9. The summed E-state index contributed by atoms with van der Waals surface area (Å²) in [5.41, 5.74) is 3.56. The molecule has 170 valence electrons. The molecular formula is C16H19N3O12. The number of carboxylic acids is 1. The van der Waals surface area contributed by atoms with Crippen molar-refractivity contribution in [2.45, 2.75) is 49.1 Å². The van der Waals surface area contributed by atoms with Crippen molar-refractivity contribution in [3.63, 3.8) is 0 Å². The van der Waals surface area contributed by atoms with Gasteiger partial charge in [0.15, 0.2) is 12.3 Å². The average molecular weight is 445 g/mol. The second kappa shape index (κ2) is 8.58. The number of aromatic nitrogens is 2. The van der Waals surface area contributed by atoms with Crippen LogP contribution in [0.3, 0.4) is 0 Å². The summed E-state index contributed by atoms with van der Waals surface area (Å²) < 4.78 is 16.2. The van der Waals surface area contributed by atoms with Crippen LogP contribution in [0.2, 0.25) is 0 Å². The third-order valence-electron chi connectivity index (χ3n) is 4.66. The number of nitrogens with two attached hydrogens (primary N) is 1. The Hall–Kier alpha value is -3.08. The lowest BCUT2D eigenvalue weighted by atomic mass is 10.0. The number of carboxylic acid groups (broad SMARTS) is 1. The molecule has 2 aliphatic heterocycles. The van der Waals surface area contributed by atoms with Gasteiger partial charge in [0.1, 0.15) is 30.5 Å². The van der Waals surface area contributed by atoms with Gasteiger partial charge in [-0.1, -0.05) is 0 Å². The number of carbonyl (C=O) groups is 2. The van der Waals surface area contributed by atoms with Crippen LogP contribution < -0.4 is 17.0 Å². The van der Waals surface area contributed by atoms with E-state index >= 15 is 0 Å². The van der Waals surface area contributed by atoms with Crippen molar-refractivity contribution in [2.75, 3.05) is 0 Å². The fraction of sp³-hybridized carbons (Fsp3) is 0.500. The zero-order valence-electron chi connectivity index (χ0n) is 15.5. The minimum absolute atomic E-state index is 0.704. The third kappa shape index (κ3) is 4.36. The van der Waals surface area contributed by atoms with Crippen LogP contribution in [0.25, 0.3) is 0 Å². The Balaban J connectivity index is 1.85. The number of H-pyrrole nitrogens is 1. The SMILES string of the molecule is NC(=O)[C@H](O[C@H]1OC(C(=O)O)=C[C@H](O)[C@@H]1O)[C@H]1O[C@@H](n2ccc(=O)[nH]c2=O)[C@H](O)[C@@H]1O. The summed E-state index contributed by atoms with van der Waals surface area (Å²) in [5.74, 6) is -3.64. The van der Waals surface area contributed by atoms with Crippen LogP contribution >= 0.6 is 0 Å². The molecule has 0 unspecified atom stereocenters. The number of primary amides is 1. The van der Waals surface area contributed by atoms with Crippen LogP contribution in [-0.4, -0.2) is 89.9 Å². The van der Waals surface area contributed by atoms with Crippen LogP contribution in [-0.2, 0) is 23.8 Å². The first-order valence-corrected chi connectivity index (χ1v) is 8.77. The Morgan fingerprint density at radius 2 is 1.84 bits per heavy atom. The van der Waals surface area contributed by atoms with Crippen molar-refractivity contribution in [3.05, 3.63) is 44.9 Å². The molecule has 8 N–H and O–H groups in total. The summed E-state index contributed by atoms with van der Waals surface area (Å²) >= 11 is 0. The number of nitrogens with one attached hydrogen (secondary N) is 1. The van der Waals surface area contributed by atoms with E-state index in [4.69, 9.17) is 25.1 Å². The molecule has 15 heteroatoms. The van der Waals surface area contributed by atoms with E-state index in [0.29, 0.717) is 6.08 Å². The number of ether oxygens (including phenoxy) is 3. The molecule has 2 aliphatic rings. The molecule has 8 atom stereocenters. The molecule has 31 heavy (non-hydrogen) atoms. The Labute approximate surface area is 171 Å². The smallest absolute Gasteiger partial charge is 0.371 e. The maximum atomic E-state index is 12.0.